The fourth-order valence-corrected chi connectivity index (χ4v) is 2.57. The summed E-state index contributed by atoms with van der Waals surface area (Å²) in [6.07, 6.45) is 0.496. The largest absolute Gasteiger partial charge is 0.495 e. The molecule has 0 bridgehead atoms. The van der Waals surface area contributed by atoms with Crippen LogP contribution in [0.5, 0.6) is 5.75 Å². The minimum atomic E-state index is 0.0965. The summed E-state index contributed by atoms with van der Waals surface area (Å²) in [5.41, 5.74) is 2.17. The maximum atomic E-state index is 8.76. The Bertz CT molecular complexity index is 444. The summed E-state index contributed by atoms with van der Waals surface area (Å²) in [7, 11) is 1.65. The predicted octanol–water partition coefficient (Wildman–Crippen LogP) is 3.32. The zero-order chi connectivity index (χ0) is 14.1. The number of methoxy groups -OCH3 is 1. The molecule has 0 aliphatic carbocycles. The maximum Gasteiger partial charge on any atom is 0.134 e. The van der Waals surface area contributed by atoms with Crippen LogP contribution in [0.1, 0.15) is 31.4 Å². The standard InChI is InChI=1S/C16H22O2S/c1-13(2)11-19-12-14-7-8-16(18-3)15(10-14)6-4-5-9-17/h7-8,10,13,17H,5,9,11-12H2,1-3H3. The number of hydrogen-bond donors (Lipinski definition) is 1. The number of ether oxygens (including phenoxy) is 1. The average molecular weight is 278 g/mol. The van der Waals surface area contributed by atoms with Crippen molar-refractivity contribution >= 4 is 11.8 Å². The van der Waals surface area contributed by atoms with Crippen molar-refractivity contribution in [2.75, 3.05) is 19.5 Å². The molecular weight excluding hydrogens is 256 g/mol. The first-order valence-corrected chi connectivity index (χ1v) is 7.67. The highest BCUT2D eigenvalue weighted by Gasteiger charge is 2.03. The Balaban J connectivity index is 2.75. The van der Waals surface area contributed by atoms with E-state index >= 15 is 0 Å². The molecule has 0 radical (unpaired) electrons. The van der Waals surface area contributed by atoms with Crippen molar-refractivity contribution in [2.24, 2.45) is 5.92 Å². The average Bonchev–Trinajstić information content (AvgIpc) is 2.39. The van der Waals surface area contributed by atoms with Gasteiger partial charge in [0.15, 0.2) is 0 Å². The second kappa shape index (κ2) is 8.90. The molecule has 1 rings (SSSR count). The first kappa shape index (κ1) is 15.9. The molecule has 2 nitrogen and oxygen atoms in total. The van der Waals surface area contributed by atoms with Gasteiger partial charge in [-0.15, -0.1) is 0 Å². The summed E-state index contributed by atoms with van der Waals surface area (Å²) in [6.45, 7) is 4.55. The van der Waals surface area contributed by atoms with E-state index in [1.165, 1.54) is 5.56 Å². The number of aliphatic hydroxyl groups excluding tert-OH is 1. The van der Waals surface area contributed by atoms with Crippen molar-refractivity contribution in [1.29, 1.82) is 0 Å². The van der Waals surface area contributed by atoms with Gasteiger partial charge in [0.1, 0.15) is 5.75 Å². The van der Waals surface area contributed by atoms with E-state index in [2.05, 4.69) is 37.8 Å². The Morgan fingerprint density at radius 3 is 2.79 bits per heavy atom. The van der Waals surface area contributed by atoms with Gasteiger partial charge in [-0.3, -0.25) is 0 Å². The van der Waals surface area contributed by atoms with Crippen LogP contribution in [0.2, 0.25) is 0 Å². The Kier molecular flexibility index (Phi) is 7.47. The lowest BCUT2D eigenvalue weighted by Crippen LogP contribution is -1.93. The number of benzene rings is 1. The molecule has 1 N–H and O–H groups in total. The molecule has 0 aliphatic heterocycles. The normalized spacial score (nSPS) is 10.2. The lowest BCUT2D eigenvalue weighted by Gasteiger charge is -2.08. The number of thioether (sulfide) groups is 1. The van der Waals surface area contributed by atoms with Crippen LogP contribution < -0.4 is 4.74 Å². The van der Waals surface area contributed by atoms with E-state index in [0.717, 1.165) is 22.8 Å². The lowest BCUT2D eigenvalue weighted by atomic mass is 10.1. The Morgan fingerprint density at radius 2 is 2.16 bits per heavy atom. The molecule has 0 fully saturated rings. The zero-order valence-electron chi connectivity index (χ0n) is 11.9. The third-order valence-electron chi connectivity index (χ3n) is 2.44. The summed E-state index contributed by atoms with van der Waals surface area (Å²) in [6, 6.07) is 6.13. The van der Waals surface area contributed by atoms with E-state index in [0.29, 0.717) is 12.3 Å². The van der Waals surface area contributed by atoms with Gasteiger partial charge in [-0.05, 0) is 29.4 Å². The van der Waals surface area contributed by atoms with Crippen LogP contribution >= 0.6 is 11.8 Å². The fourth-order valence-electron chi connectivity index (χ4n) is 1.57. The Hall–Kier alpha value is -1.11. The number of hydrogen-bond acceptors (Lipinski definition) is 3. The minimum Gasteiger partial charge on any atom is -0.495 e. The molecule has 0 unspecified atom stereocenters. The second-order valence-electron chi connectivity index (χ2n) is 4.72. The van der Waals surface area contributed by atoms with Gasteiger partial charge < -0.3 is 9.84 Å². The first-order valence-electron chi connectivity index (χ1n) is 6.51. The van der Waals surface area contributed by atoms with Gasteiger partial charge >= 0.3 is 0 Å². The van der Waals surface area contributed by atoms with Crippen molar-refractivity contribution in [1.82, 2.24) is 0 Å². The quantitative estimate of drug-likeness (QED) is 0.810. The predicted molar refractivity (Wildman–Crippen MR) is 82.6 cm³/mol. The molecule has 1 aromatic rings. The fraction of sp³-hybridized carbons (Fsp3) is 0.500. The van der Waals surface area contributed by atoms with Crippen LogP contribution in [0.3, 0.4) is 0 Å². The van der Waals surface area contributed by atoms with Crippen LogP contribution in [-0.2, 0) is 5.75 Å². The molecule has 0 saturated heterocycles. The van der Waals surface area contributed by atoms with Gasteiger partial charge in [0.25, 0.3) is 0 Å². The van der Waals surface area contributed by atoms with E-state index < -0.39 is 0 Å². The highest BCUT2D eigenvalue weighted by Crippen LogP contribution is 2.22. The Labute approximate surface area is 120 Å². The number of rotatable bonds is 6. The molecule has 0 aliphatic rings. The maximum absolute atomic E-state index is 8.76. The summed E-state index contributed by atoms with van der Waals surface area (Å²) in [5, 5.41) is 8.76. The Morgan fingerprint density at radius 1 is 1.37 bits per heavy atom. The van der Waals surface area contributed by atoms with Gasteiger partial charge in [0.05, 0.1) is 19.3 Å². The smallest absolute Gasteiger partial charge is 0.134 e. The van der Waals surface area contributed by atoms with Gasteiger partial charge in [-0.1, -0.05) is 31.8 Å². The molecule has 0 atom stereocenters. The second-order valence-corrected chi connectivity index (χ2v) is 5.75. The van der Waals surface area contributed by atoms with Crippen LogP contribution in [0.25, 0.3) is 0 Å². The molecule has 3 heteroatoms. The molecular formula is C16H22O2S. The first-order chi connectivity index (χ1) is 9.17. The number of aliphatic hydroxyl groups is 1. The van der Waals surface area contributed by atoms with E-state index in [4.69, 9.17) is 9.84 Å². The third-order valence-corrected chi connectivity index (χ3v) is 3.88. The van der Waals surface area contributed by atoms with E-state index in [1.54, 1.807) is 7.11 Å². The van der Waals surface area contributed by atoms with Crippen LogP contribution in [0.15, 0.2) is 18.2 Å². The third kappa shape index (κ3) is 6.04. The molecule has 0 heterocycles. The summed E-state index contributed by atoms with van der Waals surface area (Å²) in [5.74, 6) is 9.67. The molecule has 0 aromatic heterocycles. The summed E-state index contributed by atoms with van der Waals surface area (Å²) < 4.78 is 5.30. The highest BCUT2D eigenvalue weighted by atomic mass is 32.2. The molecule has 1 aromatic carbocycles. The monoisotopic (exact) mass is 278 g/mol. The van der Waals surface area contributed by atoms with E-state index in [1.807, 2.05) is 17.8 Å². The molecule has 0 saturated carbocycles. The zero-order valence-corrected chi connectivity index (χ0v) is 12.7. The molecule has 0 amide bonds. The van der Waals surface area contributed by atoms with Crippen LogP contribution in [0, 0.1) is 17.8 Å². The van der Waals surface area contributed by atoms with Crippen LogP contribution in [-0.4, -0.2) is 24.6 Å². The molecule has 104 valence electrons. The van der Waals surface area contributed by atoms with Crippen molar-refractivity contribution in [3.05, 3.63) is 29.3 Å². The SMILES string of the molecule is COc1ccc(CSCC(C)C)cc1C#CCCO. The van der Waals surface area contributed by atoms with Crippen molar-refractivity contribution < 1.29 is 9.84 Å². The van der Waals surface area contributed by atoms with Crippen molar-refractivity contribution in [3.63, 3.8) is 0 Å². The molecule has 0 spiro atoms. The highest BCUT2D eigenvalue weighted by molar-refractivity contribution is 7.98. The van der Waals surface area contributed by atoms with E-state index in [-0.39, 0.29) is 6.61 Å². The summed E-state index contributed by atoms with van der Waals surface area (Å²) in [4.78, 5) is 0. The lowest BCUT2D eigenvalue weighted by molar-refractivity contribution is 0.305. The van der Waals surface area contributed by atoms with Gasteiger partial charge in [-0.2, -0.15) is 11.8 Å². The minimum absolute atomic E-state index is 0.0965. The van der Waals surface area contributed by atoms with Crippen molar-refractivity contribution in [2.45, 2.75) is 26.0 Å². The van der Waals surface area contributed by atoms with E-state index in [9.17, 15) is 0 Å². The summed E-state index contributed by atoms with van der Waals surface area (Å²) >= 11 is 1.94. The van der Waals surface area contributed by atoms with Gasteiger partial charge in [0.2, 0.25) is 0 Å². The van der Waals surface area contributed by atoms with Crippen molar-refractivity contribution in [3.8, 4) is 17.6 Å². The van der Waals surface area contributed by atoms with Gasteiger partial charge in [0, 0.05) is 12.2 Å². The van der Waals surface area contributed by atoms with Gasteiger partial charge in [-0.25, -0.2) is 0 Å². The molecule has 19 heavy (non-hydrogen) atoms. The van der Waals surface area contributed by atoms with Crippen LogP contribution in [0.4, 0.5) is 0 Å². The topological polar surface area (TPSA) is 29.5 Å².